The van der Waals surface area contributed by atoms with Gasteiger partial charge in [0.15, 0.2) is 0 Å². The first-order valence-corrected chi connectivity index (χ1v) is 10.2. The summed E-state index contributed by atoms with van der Waals surface area (Å²) in [5, 5.41) is 3.12. The molecule has 0 radical (unpaired) electrons. The lowest BCUT2D eigenvalue weighted by Gasteiger charge is -2.25. The first-order chi connectivity index (χ1) is 13.5. The van der Waals surface area contributed by atoms with E-state index in [4.69, 9.17) is 4.74 Å². The standard InChI is InChI=1S/C22H25BrN2O3/c1-15(17-8-10-18(11-9-17)22(27)28-2)24-21(26)20-7-4-12-25(20)14-16-5-3-6-19(23)13-16/h3,5-6,8-11,13,15,20H,4,7,12,14H2,1-2H3,(H,24,26)/t15-,20+/m0/s1. The molecule has 2 aromatic carbocycles. The van der Waals surface area contributed by atoms with E-state index < -0.39 is 0 Å². The van der Waals surface area contributed by atoms with E-state index in [-0.39, 0.29) is 24.0 Å². The smallest absolute Gasteiger partial charge is 0.337 e. The number of hydrogen-bond acceptors (Lipinski definition) is 4. The molecule has 1 N–H and O–H groups in total. The van der Waals surface area contributed by atoms with Gasteiger partial charge in [0.25, 0.3) is 0 Å². The van der Waals surface area contributed by atoms with Gasteiger partial charge in [0, 0.05) is 11.0 Å². The predicted molar refractivity (Wildman–Crippen MR) is 112 cm³/mol. The molecular formula is C22H25BrN2O3. The first kappa shape index (κ1) is 20.6. The van der Waals surface area contributed by atoms with Gasteiger partial charge in [0.2, 0.25) is 5.91 Å². The molecule has 2 aromatic rings. The molecule has 6 heteroatoms. The number of benzene rings is 2. The second-order valence-electron chi connectivity index (χ2n) is 7.10. The van der Waals surface area contributed by atoms with Gasteiger partial charge in [0.05, 0.1) is 24.8 Å². The fraction of sp³-hybridized carbons (Fsp3) is 0.364. The van der Waals surface area contributed by atoms with Crippen molar-refractivity contribution in [2.45, 2.75) is 38.4 Å². The maximum absolute atomic E-state index is 12.9. The lowest BCUT2D eigenvalue weighted by Crippen LogP contribution is -2.43. The zero-order valence-electron chi connectivity index (χ0n) is 16.2. The molecule has 1 heterocycles. The average Bonchev–Trinajstić information content (AvgIpc) is 3.15. The maximum atomic E-state index is 12.9. The Kier molecular flexibility index (Phi) is 6.86. The van der Waals surface area contributed by atoms with E-state index in [1.807, 2.05) is 31.2 Å². The lowest BCUT2D eigenvalue weighted by molar-refractivity contribution is -0.126. The van der Waals surface area contributed by atoms with Gasteiger partial charge in [-0.3, -0.25) is 9.69 Å². The molecule has 1 aliphatic heterocycles. The van der Waals surface area contributed by atoms with E-state index in [1.165, 1.54) is 12.7 Å². The van der Waals surface area contributed by atoms with Crippen molar-refractivity contribution in [2.75, 3.05) is 13.7 Å². The molecular weight excluding hydrogens is 420 g/mol. The van der Waals surface area contributed by atoms with Crippen molar-refractivity contribution in [3.63, 3.8) is 0 Å². The molecule has 148 valence electrons. The van der Waals surface area contributed by atoms with Crippen LogP contribution in [0.3, 0.4) is 0 Å². The number of nitrogens with zero attached hydrogens (tertiary/aromatic N) is 1. The highest BCUT2D eigenvalue weighted by Crippen LogP contribution is 2.23. The molecule has 1 amide bonds. The summed E-state index contributed by atoms with van der Waals surface area (Å²) in [4.78, 5) is 26.7. The summed E-state index contributed by atoms with van der Waals surface area (Å²) >= 11 is 3.51. The van der Waals surface area contributed by atoms with Crippen molar-refractivity contribution in [2.24, 2.45) is 0 Å². The molecule has 0 aromatic heterocycles. The summed E-state index contributed by atoms with van der Waals surface area (Å²) in [7, 11) is 1.36. The third kappa shape index (κ3) is 5.00. The number of hydrogen-bond donors (Lipinski definition) is 1. The molecule has 0 bridgehead atoms. The van der Waals surface area contributed by atoms with Gasteiger partial charge >= 0.3 is 5.97 Å². The van der Waals surface area contributed by atoms with E-state index in [1.54, 1.807) is 12.1 Å². The fourth-order valence-corrected chi connectivity index (χ4v) is 4.05. The second-order valence-corrected chi connectivity index (χ2v) is 8.02. The Morgan fingerprint density at radius 1 is 1.25 bits per heavy atom. The zero-order chi connectivity index (χ0) is 20.1. The first-order valence-electron chi connectivity index (χ1n) is 9.45. The van der Waals surface area contributed by atoms with Crippen LogP contribution in [0.2, 0.25) is 0 Å². The van der Waals surface area contributed by atoms with Gasteiger partial charge < -0.3 is 10.1 Å². The van der Waals surface area contributed by atoms with Crippen molar-refractivity contribution in [3.05, 3.63) is 69.7 Å². The summed E-state index contributed by atoms with van der Waals surface area (Å²) in [5.74, 6) is -0.311. The van der Waals surface area contributed by atoms with Crippen molar-refractivity contribution in [1.29, 1.82) is 0 Å². The average molecular weight is 445 g/mol. The Morgan fingerprint density at radius 3 is 2.68 bits per heavy atom. The zero-order valence-corrected chi connectivity index (χ0v) is 17.7. The number of methoxy groups -OCH3 is 1. The minimum absolute atomic E-state index is 0.0528. The third-order valence-corrected chi connectivity index (χ3v) is 5.62. The molecule has 1 fully saturated rings. The molecule has 28 heavy (non-hydrogen) atoms. The monoisotopic (exact) mass is 444 g/mol. The Bertz CT molecular complexity index is 838. The molecule has 0 spiro atoms. The topological polar surface area (TPSA) is 58.6 Å². The van der Waals surface area contributed by atoms with E-state index in [2.05, 4.69) is 38.3 Å². The van der Waals surface area contributed by atoms with Gasteiger partial charge in [-0.25, -0.2) is 4.79 Å². The number of ether oxygens (including phenoxy) is 1. The molecule has 5 nitrogen and oxygen atoms in total. The van der Waals surface area contributed by atoms with Crippen molar-refractivity contribution in [1.82, 2.24) is 10.2 Å². The number of likely N-dealkylation sites (tertiary alicyclic amines) is 1. The van der Waals surface area contributed by atoms with Gasteiger partial charge in [-0.15, -0.1) is 0 Å². The van der Waals surface area contributed by atoms with Gasteiger partial charge in [-0.1, -0.05) is 40.2 Å². The molecule has 2 atom stereocenters. The molecule has 1 aliphatic rings. The largest absolute Gasteiger partial charge is 0.465 e. The molecule has 0 saturated carbocycles. The van der Waals surface area contributed by atoms with Crippen LogP contribution >= 0.6 is 15.9 Å². The predicted octanol–water partition coefficient (Wildman–Crippen LogP) is 4.08. The Hall–Kier alpha value is -2.18. The van der Waals surface area contributed by atoms with Crippen molar-refractivity contribution in [3.8, 4) is 0 Å². The van der Waals surface area contributed by atoms with Crippen LogP contribution < -0.4 is 5.32 Å². The summed E-state index contributed by atoms with van der Waals surface area (Å²) in [6.07, 6.45) is 1.89. The van der Waals surface area contributed by atoms with Crippen LogP contribution in [0.25, 0.3) is 0 Å². The highest BCUT2D eigenvalue weighted by Gasteiger charge is 2.31. The van der Waals surface area contributed by atoms with Crippen LogP contribution in [-0.4, -0.2) is 36.5 Å². The quantitative estimate of drug-likeness (QED) is 0.681. The normalized spacial score (nSPS) is 17.9. The molecule has 1 saturated heterocycles. The minimum atomic E-state index is -0.364. The fourth-order valence-electron chi connectivity index (χ4n) is 3.60. The SMILES string of the molecule is COC(=O)c1ccc([C@H](C)NC(=O)[C@H]2CCCN2Cc2cccc(Br)c2)cc1. The number of carbonyl (C=O) groups is 2. The van der Waals surface area contributed by atoms with Crippen LogP contribution in [0.15, 0.2) is 53.0 Å². The van der Waals surface area contributed by atoms with Crippen LogP contribution in [0.4, 0.5) is 0 Å². The van der Waals surface area contributed by atoms with E-state index in [0.717, 1.165) is 36.0 Å². The third-order valence-electron chi connectivity index (χ3n) is 5.13. The highest BCUT2D eigenvalue weighted by molar-refractivity contribution is 9.10. The molecule has 3 rings (SSSR count). The number of halogens is 1. The van der Waals surface area contributed by atoms with Gasteiger partial charge in [0.1, 0.15) is 0 Å². The minimum Gasteiger partial charge on any atom is -0.465 e. The highest BCUT2D eigenvalue weighted by atomic mass is 79.9. The summed E-state index contributed by atoms with van der Waals surface area (Å²) in [5.41, 5.74) is 2.65. The lowest BCUT2D eigenvalue weighted by atomic mass is 10.1. The molecule has 0 aliphatic carbocycles. The Morgan fingerprint density at radius 2 is 2.00 bits per heavy atom. The number of rotatable bonds is 6. The summed E-state index contributed by atoms with van der Waals surface area (Å²) in [6.45, 7) is 3.64. The number of esters is 1. The van der Waals surface area contributed by atoms with E-state index >= 15 is 0 Å². The summed E-state index contributed by atoms with van der Waals surface area (Å²) < 4.78 is 5.77. The second kappa shape index (κ2) is 9.34. The van der Waals surface area contributed by atoms with Crippen molar-refractivity contribution < 1.29 is 14.3 Å². The Labute approximate surface area is 174 Å². The van der Waals surface area contributed by atoms with Crippen LogP contribution in [0.5, 0.6) is 0 Å². The Balaban J connectivity index is 1.61. The van der Waals surface area contributed by atoms with Crippen LogP contribution in [0, 0.1) is 0 Å². The van der Waals surface area contributed by atoms with Crippen LogP contribution in [-0.2, 0) is 16.1 Å². The number of nitrogens with one attached hydrogen (secondary N) is 1. The maximum Gasteiger partial charge on any atom is 0.337 e. The van der Waals surface area contributed by atoms with Gasteiger partial charge in [-0.2, -0.15) is 0 Å². The van der Waals surface area contributed by atoms with Crippen molar-refractivity contribution >= 4 is 27.8 Å². The van der Waals surface area contributed by atoms with Gasteiger partial charge in [-0.05, 0) is 61.7 Å². The van der Waals surface area contributed by atoms with E-state index in [9.17, 15) is 9.59 Å². The molecule has 0 unspecified atom stereocenters. The number of carbonyl (C=O) groups excluding carboxylic acids is 2. The number of amides is 1. The summed E-state index contributed by atoms with van der Waals surface area (Å²) in [6, 6.07) is 15.1. The van der Waals surface area contributed by atoms with Crippen LogP contribution in [0.1, 0.15) is 47.3 Å². The van der Waals surface area contributed by atoms with E-state index in [0.29, 0.717) is 5.56 Å².